The lowest BCUT2D eigenvalue weighted by atomic mass is 10.1. The summed E-state index contributed by atoms with van der Waals surface area (Å²) >= 11 is 0. The molecule has 1 saturated heterocycles. The molecule has 4 unspecified atom stereocenters. The molecule has 0 bridgehead atoms. The predicted molar refractivity (Wildman–Crippen MR) is 38.1 cm³/mol. The topological polar surface area (TPSA) is 76.0 Å². The predicted octanol–water partition coefficient (Wildman–Crippen LogP) is -1.13. The van der Waals surface area contributed by atoms with Crippen molar-refractivity contribution in [3.05, 3.63) is 0 Å². The molecule has 1 heterocycles. The Balaban J connectivity index is 2.38. The van der Waals surface area contributed by atoms with E-state index in [-0.39, 0.29) is 18.8 Å². The van der Waals surface area contributed by atoms with Crippen LogP contribution in [0, 0.1) is 5.92 Å². The third kappa shape index (κ3) is 2.01. The zero-order valence-corrected chi connectivity index (χ0v) is 6.71. The second kappa shape index (κ2) is 3.95. The molecule has 2 N–H and O–H groups in total. The molecular formula is C7H12O5. The van der Waals surface area contributed by atoms with Gasteiger partial charge in [0.15, 0.2) is 12.6 Å². The highest BCUT2D eigenvalue weighted by Crippen LogP contribution is 2.21. The van der Waals surface area contributed by atoms with E-state index in [2.05, 4.69) is 0 Å². The molecule has 1 aliphatic heterocycles. The van der Waals surface area contributed by atoms with Gasteiger partial charge in [-0.2, -0.15) is 0 Å². The number of ether oxygens (including phenoxy) is 2. The maximum Gasteiger partial charge on any atom is 0.212 e. The third-order valence-electron chi connectivity index (χ3n) is 1.90. The number of hydrogen-bond donors (Lipinski definition) is 2. The van der Waals surface area contributed by atoms with Crippen LogP contribution < -0.4 is 0 Å². The van der Waals surface area contributed by atoms with Gasteiger partial charge in [-0.1, -0.05) is 6.92 Å². The number of aldehydes is 1. The van der Waals surface area contributed by atoms with E-state index in [1.54, 1.807) is 6.92 Å². The largest absolute Gasteiger partial charge is 0.368 e. The number of carbonyl (C=O) groups is 1. The number of aliphatic hydroxyl groups is 2. The van der Waals surface area contributed by atoms with Crippen molar-refractivity contribution in [1.82, 2.24) is 0 Å². The van der Waals surface area contributed by atoms with Crippen LogP contribution in [0.4, 0.5) is 0 Å². The number of hydrogen-bond acceptors (Lipinski definition) is 5. The minimum Gasteiger partial charge on any atom is -0.368 e. The standard InChI is InChI=1S/C7H12O5/c1-4-5(3-11-7(4)10)12-6(9)2-8/h2,4-7,9-10H,3H2,1H3. The van der Waals surface area contributed by atoms with E-state index < -0.39 is 18.7 Å². The second-order valence-corrected chi connectivity index (χ2v) is 2.78. The number of rotatable bonds is 3. The summed E-state index contributed by atoms with van der Waals surface area (Å²) in [6, 6.07) is 0. The molecule has 1 fully saturated rings. The number of aliphatic hydroxyl groups excluding tert-OH is 2. The molecule has 4 atom stereocenters. The summed E-state index contributed by atoms with van der Waals surface area (Å²) < 4.78 is 9.67. The van der Waals surface area contributed by atoms with Gasteiger partial charge in [0, 0.05) is 5.92 Å². The molecule has 0 amide bonds. The second-order valence-electron chi connectivity index (χ2n) is 2.78. The quantitative estimate of drug-likeness (QED) is 0.420. The zero-order chi connectivity index (χ0) is 9.14. The summed E-state index contributed by atoms with van der Waals surface area (Å²) in [4.78, 5) is 10.0. The molecule has 0 aliphatic carbocycles. The first-order valence-corrected chi connectivity index (χ1v) is 3.73. The highest BCUT2D eigenvalue weighted by Gasteiger charge is 2.34. The Kier molecular flexibility index (Phi) is 3.16. The van der Waals surface area contributed by atoms with Crippen LogP contribution in [0.5, 0.6) is 0 Å². The minimum atomic E-state index is -1.42. The van der Waals surface area contributed by atoms with E-state index in [4.69, 9.17) is 19.7 Å². The van der Waals surface area contributed by atoms with Gasteiger partial charge in [-0.25, -0.2) is 0 Å². The van der Waals surface area contributed by atoms with Gasteiger partial charge in [-0.05, 0) is 0 Å². The van der Waals surface area contributed by atoms with Gasteiger partial charge in [0.2, 0.25) is 6.29 Å². The normalized spacial score (nSPS) is 38.1. The lowest BCUT2D eigenvalue weighted by Gasteiger charge is -2.16. The molecule has 1 rings (SSSR count). The van der Waals surface area contributed by atoms with Gasteiger partial charge in [-0.3, -0.25) is 4.79 Å². The van der Waals surface area contributed by atoms with E-state index >= 15 is 0 Å². The Morgan fingerprint density at radius 1 is 1.75 bits per heavy atom. The summed E-state index contributed by atoms with van der Waals surface area (Å²) in [6.45, 7) is 1.92. The Morgan fingerprint density at radius 2 is 2.42 bits per heavy atom. The van der Waals surface area contributed by atoms with Gasteiger partial charge in [0.1, 0.15) is 0 Å². The molecule has 0 saturated carbocycles. The lowest BCUT2D eigenvalue weighted by Crippen LogP contribution is -2.29. The van der Waals surface area contributed by atoms with Gasteiger partial charge < -0.3 is 19.7 Å². The average Bonchev–Trinajstić information content (AvgIpc) is 2.36. The van der Waals surface area contributed by atoms with Crippen LogP contribution in [0.2, 0.25) is 0 Å². The fraction of sp³-hybridized carbons (Fsp3) is 0.857. The molecule has 5 heteroatoms. The molecule has 0 aromatic carbocycles. The van der Waals surface area contributed by atoms with Gasteiger partial charge >= 0.3 is 0 Å². The maximum atomic E-state index is 10.0. The van der Waals surface area contributed by atoms with Crippen LogP contribution in [0.1, 0.15) is 6.92 Å². The minimum absolute atomic E-state index is 0.202. The fourth-order valence-corrected chi connectivity index (χ4v) is 1.05. The summed E-state index contributed by atoms with van der Waals surface area (Å²) in [5.74, 6) is -0.223. The van der Waals surface area contributed by atoms with Crippen molar-refractivity contribution >= 4 is 6.29 Å². The van der Waals surface area contributed by atoms with Crippen molar-refractivity contribution in [2.24, 2.45) is 5.92 Å². The maximum absolute atomic E-state index is 10.0. The molecule has 1 aliphatic rings. The Bertz CT molecular complexity index is 160. The van der Waals surface area contributed by atoms with E-state index in [1.807, 2.05) is 0 Å². The van der Waals surface area contributed by atoms with Crippen LogP contribution in [0.3, 0.4) is 0 Å². The van der Waals surface area contributed by atoms with Crippen molar-refractivity contribution in [2.45, 2.75) is 25.6 Å². The highest BCUT2D eigenvalue weighted by atomic mass is 16.7. The smallest absolute Gasteiger partial charge is 0.212 e. The SMILES string of the molecule is CC1C(O)OCC1OC(O)C=O. The molecule has 5 nitrogen and oxygen atoms in total. The third-order valence-corrected chi connectivity index (χ3v) is 1.90. The Morgan fingerprint density at radius 3 is 2.83 bits per heavy atom. The van der Waals surface area contributed by atoms with Crippen LogP contribution in [0.15, 0.2) is 0 Å². The summed E-state index contributed by atoms with van der Waals surface area (Å²) in [6.07, 6.45) is -2.42. The molecule has 0 aromatic rings. The zero-order valence-electron chi connectivity index (χ0n) is 6.71. The Hall–Kier alpha value is -0.490. The van der Waals surface area contributed by atoms with Crippen molar-refractivity contribution in [3.63, 3.8) is 0 Å². The van der Waals surface area contributed by atoms with E-state index in [1.165, 1.54) is 0 Å². The van der Waals surface area contributed by atoms with Crippen molar-refractivity contribution in [2.75, 3.05) is 6.61 Å². The van der Waals surface area contributed by atoms with Gasteiger partial charge in [-0.15, -0.1) is 0 Å². The van der Waals surface area contributed by atoms with Gasteiger partial charge in [0.05, 0.1) is 12.7 Å². The fourth-order valence-electron chi connectivity index (χ4n) is 1.05. The Labute approximate surface area is 69.9 Å². The van der Waals surface area contributed by atoms with Gasteiger partial charge in [0.25, 0.3) is 0 Å². The van der Waals surface area contributed by atoms with E-state index in [0.29, 0.717) is 0 Å². The van der Waals surface area contributed by atoms with E-state index in [9.17, 15) is 4.79 Å². The van der Waals surface area contributed by atoms with Crippen molar-refractivity contribution < 1.29 is 24.5 Å². The summed E-state index contributed by atoms with van der Waals surface area (Å²) in [5.41, 5.74) is 0. The molecule has 70 valence electrons. The summed E-state index contributed by atoms with van der Waals surface area (Å²) in [5, 5.41) is 17.9. The first-order valence-electron chi connectivity index (χ1n) is 3.73. The van der Waals surface area contributed by atoms with Crippen LogP contribution in [-0.2, 0) is 14.3 Å². The van der Waals surface area contributed by atoms with Crippen molar-refractivity contribution in [1.29, 1.82) is 0 Å². The first kappa shape index (κ1) is 9.60. The van der Waals surface area contributed by atoms with Crippen LogP contribution in [0.25, 0.3) is 0 Å². The average molecular weight is 176 g/mol. The lowest BCUT2D eigenvalue weighted by molar-refractivity contribution is -0.158. The van der Waals surface area contributed by atoms with Crippen LogP contribution in [-0.4, -0.2) is 41.8 Å². The molecule has 0 aromatic heterocycles. The number of carbonyl (C=O) groups excluding carboxylic acids is 1. The highest BCUT2D eigenvalue weighted by molar-refractivity contribution is 5.53. The molecule has 0 spiro atoms. The van der Waals surface area contributed by atoms with Crippen LogP contribution >= 0.6 is 0 Å². The van der Waals surface area contributed by atoms with Crippen molar-refractivity contribution in [3.8, 4) is 0 Å². The molecule has 12 heavy (non-hydrogen) atoms. The summed E-state index contributed by atoms with van der Waals surface area (Å²) in [7, 11) is 0. The first-order chi connectivity index (χ1) is 5.65. The monoisotopic (exact) mass is 176 g/mol. The molecule has 0 radical (unpaired) electrons. The molecular weight excluding hydrogens is 164 g/mol. The van der Waals surface area contributed by atoms with E-state index in [0.717, 1.165) is 0 Å².